The maximum atomic E-state index is 12.4. The van der Waals surface area contributed by atoms with E-state index in [9.17, 15) is 18.0 Å². The van der Waals surface area contributed by atoms with Gasteiger partial charge in [-0.3, -0.25) is 4.79 Å². The van der Waals surface area contributed by atoms with Crippen molar-refractivity contribution in [2.45, 2.75) is 25.6 Å². The number of nitrogens with zero attached hydrogens (tertiary/aromatic N) is 2. The van der Waals surface area contributed by atoms with Crippen LogP contribution < -0.4 is 5.32 Å². The molecule has 9 heteroatoms. The number of hydrogen-bond donors (Lipinski definition) is 2. The van der Waals surface area contributed by atoms with Crippen LogP contribution in [0.5, 0.6) is 0 Å². The van der Waals surface area contributed by atoms with Crippen molar-refractivity contribution in [2.75, 3.05) is 6.61 Å². The fraction of sp³-hybridized carbons (Fsp3) is 0.357. The molecule has 1 heterocycles. The molecule has 6 nitrogen and oxygen atoms in total. The lowest BCUT2D eigenvalue weighted by molar-refractivity contribution is -0.159. The summed E-state index contributed by atoms with van der Waals surface area (Å²) < 4.78 is 41.4. The molecule has 2 aromatic rings. The Labute approximate surface area is 129 Å². The maximum absolute atomic E-state index is 12.4. The Kier molecular flexibility index (Phi) is 4.99. The van der Waals surface area contributed by atoms with Gasteiger partial charge < -0.3 is 14.9 Å². The lowest BCUT2D eigenvalue weighted by atomic mass is 10.1. The monoisotopic (exact) mass is 329 g/mol. The highest BCUT2D eigenvalue weighted by atomic mass is 19.4. The zero-order valence-electron chi connectivity index (χ0n) is 12.1. The lowest BCUT2D eigenvalue weighted by Crippen LogP contribution is -2.33. The van der Waals surface area contributed by atoms with E-state index >= 15 is 0 Å². The Morgan fingerprint density at radius 2 is 2.00 bits per heavy atom. The number of carbonyl (C=O) groups is 1. The van der Waals surface area contributed by atoms with Crippen LogP contribution in [-0.4, -0.2) is 33.8 Å². The predicted molar refractivity (Wildman–Crippen MR) is 73.4 cm³/mol. The molecule has 1 amide bonds. The minimum Gasteiger partial charge on any atom is -0.396 e. The molecule has 2 rings (SSSR count). The second-order valence-electron chi connectivity index (χ2n) is 4.89. The van der Waals surface area contributed by atoms with E-state index in [2.05, 4.69) is 20.0 Å². The highest BCUT2D eigenvalue weighted by Gasteiger charge is 2.38. The average molecular weight is 329 g/mol. The minimum absolute atomic E-state index is 0.0419. The molecule has 0 fully saturated rings. The van der Waals surface area contributed by atoms with E-state index in [0.29, 0.717) is 17.5 Å². The van der Waals surface area contributed by atoms with E-state index in [4.69, 9.17) is 5.11 Å². The summed E-state index contributed by atoms with van der Waals surface area (Å²) in [4.78, 5) is 15.2. The normalized spacial score (nSPS) is 12.9. The highest BCUT2D eigenvalue weighted by Crippen LogP contribution is 2.29. The van der Waals surface area contributed by atoms with Crippen LogP contribution in [0.2, 0.25) is 0 Å². The van der Waals surface area contributed by atoms with Crippen molar-refractivity contribution in [3.05, 3.63) is 35.7 Å². The summed E-state index contributed by atoms with van der Waals surface area (Å²) in [5, 5.41) is 14.7. The molecular formula is C14H14F3N3O3. The van der Waals surface area contributed by atoms with Crippen molar-refractivity contribution in [1.82, 2.24) is 15.5 Å². The molecule has 0 aliphatic carbocycles. The molecule has 0 saturated heterocycles. The molecule has 23 heavy (non-hydrogen) atoms. The van der Waals surface area contributed by atoms with E-state index in [1.54, 1.807) is 6.92 Å². The highest BCUT2D eigenvalue weighted by molar-refractivity contribution is 5.94. The Balaban J connectivity index is 2.10. The summed E-state index contributed by atoms with van der Waals surface area (Å²) in [5.41, 5.74) is 0.627. The van der Waals surface area contributed by atoms with Gasteiger partial charge in [-0.2, -0.15) is 18.2 Å². The molecule has 0 bridgehead atoms. The molecule has 1 aromatic heterocycles. The molecule has 1 aromatic carbocycles. The third-order valence-corrected chi connectivity index (χ3v) is 3.01. The zero-order valence-corrected chi connectivity index (χ0v) is 12.1. The smallest absolute Gasteiger partial charge is 0.396 e. The molecule has 0 radical (unpaired) electrons. The SMILES string of the molecule is CC(CCO)NC(=O)c1ccc(-c2noc(C(F)(F)F)n2)cc1. The largest absolute Gasteiger partial charge is 0.471 e. The summed E-state index contributed by atoms with van der Waals surface area (Å²) in [6, 6.07) is 5.55. The number of hydrogen-bond acceptors (Lipinski definition) is 5. The van der Waals surface area contributed by atoms with E-state index in [0.717, 1.165) is 0 Å². The fourth-order valence-electron chi connectivity index (χ4n) is 1.80. The molecular weight excluding hydrogens is 315 g/mol. The second kappa shape index (κ2) is 6.78. The predicted octanol–water partition coefficient (Wildman–Crippen LogP) is 2.26. The number of nitrogens with one attached hydrogen (secondary N) is 1. The van der Waals surface area contributed by atoms with Gasteiger partial charge in [0.1, 0.15) is 0 Å². The van der Waals surface area contributed by atoms with Crippen LogP contribution in [0.4, 0.5) is 13.2 Å². The number of halogens is 3. The third-order valence-electron chi connectivity index (χ3n) is 3.01. The quantitative estimate of drug-likeness (QED) is 0.878. The van der Waals surface area contributed by atoms with Gasteiger partial charge in [0.15, 0.2) is 0 Å². The fourth-order valence-corrected chi connectivity index (χ4v) is 1.80. The Bertz CT molecular complexity index is 668. The maximum Gasteiger partial charge on any atom is 0.471 e. The van der Waals surface area contributed by atoms with Gasteiger partial charge in [0.2, 0.25) is 5.82 Å². The van der Waals surface area contributed by atoms with Crippen LogP contribution in [0.1, 0.15) is 29.6 Å². The van der Waals surface area contributed by atoms with E-state index in [1.165, 1.54) is 24.3 Å². The van der Waals surface area contributed by atoms with Crippen LogP contribution >= 0.6 is 0 Å². The van der Waals surface area contributed by atoms with Crippen LogP contribution in [0, 0.1) is 0 Å². The first-order chi connectivity index (χ1) is 10.8. The Morgan fingerprint density at radius 1 is 1.35 bits per heavy atom. The molecule has 124 valence electrons. The first-order valence-electron chi connectivity index (χ1n) is 6.74. The minimum atomic E-state index is -4.70. The summed E-state index contributed by atoms with van der Waals surface area (Å²) in [7, 11) is 0. The zero-order chi connectivity index (χ0) is 17.0. The summed E-state index contributed by atoms with van der Waals surface area (Å²) in [6.07, 6.45) is -4.28. The Morgan fingerprint density at radius 3 is 2.52 bits per heavy atom. The topological polar surface area (TPSA) is 88.2 Å². The molecule has 2 N–H and O–H groups in total. The van der Waals surface area contributed by atoms with Gasteiger partial charge in [-0.1, -0.05) is 17.3 Å². The molecule has 1 unspecified atom stereocenters. The first kappa shape index (κ1) is 16.9. The lowest BCUT2D eigenvalue weighted by Gasteiger charge is -2.12. The van der Waals surface area contributed by atoms with Crippen LogP contribution in [0.25, 0.3) is 11.4 Å². The van der Waals surface area contributed by atoms with Crippen molar-refractivity contribution in [1.29, 1.82) is 0 Å². The van der Waals surface area contributed by atoms with Crippen molar-refractivity contribution >= 4 is 5.91 Å². The van der Waals surface area contributed by atoms with Gasteiger partial charge in [0, 0.05) is 23.8 Å². The standard InChI is InChI=1S/C14H14F3N3O3/c1-8(6-7-21)18-12(22)10-4-2-9(3-5-10)11-19-13(23-20-11)14(15,16)17/h2-5,8,21H,6-7H2,1H3,(H,18,22). The summed E-state index contributed by atoms with van der Waals surface area (Å²) in [5.74, 6) is -1.98. The molecule has 1 atom stereocenters. The number of aliphatic hydroxyl groups is 1. The number of aliphatic hydroxyl groups excluding tert-OH is 1. The Hall–Kier alpha value is -2.42. The number of benzene rings is 1. The number of carbonyl (C=O) groups excluding carboxylic acids is 1. The van der Waals surface area contributed by atoms with E-state index in [-0.39, 0.29) is 24.4 Å². The number of rotatable bonds is 5. The van der Waals surface area contributed by atoms with E-state index < -0.39 is 12.1 Å². The molecule has 0 saturated carbocycles. The number of aromatic nitrogens is 2. The molecule has 0 aliphatic heterocycles. The van der Waals surface area contributed by atoms with Gasteiger partial charge in [-0.05, 0) is 25.5 Å². The van der Waals surface area contributed by atoms with Gasteiger partial charge in [0.25, 0.3) is 5.91 Å². The summed E-state index contributed by atoms with van der Waals surface area (Å²) >= 11 is 0. The van der Waals surface area contributed by atoms with Gasteiger partial charge >= 0.3 is 12.1 Å². The summed E-state index contributed by atoms with van der Waals surface area (Å²) in [6.45, 7) is 1.71. The molecule has 0 spiro atoms. The van der Waals surface area contributed by atoms with Crippen LogP contribution in [0.3, 0.4) is 0 Å². The van der Waals surface area contributed by atoms with Crippen molar-refractivity contribution < 1.29 is 27.6 Å². The number of alkyl halides is 3. The third kappa shape index (κ3) is 4.28. The van der Waals surface area contributed by atoms with Crippen molar-refractivity contribution in [2.24, 2.45) is 0 Å². The number of amides is 1. The van der Waals surface area contributed by atoms with Crippen molar-refractivity contribution in [3.63, 3.8) is 0 Å². The first-order valence-corrected chi connectivity index (χ1v) is 6.74. The van der Waals surface area contributed by atoms with Crippen LogP contribution in [0.15, 0.2) is 28.8 Å². The molecule has 0 aliphatic rings. The second-order valence-corrected chi connectivity index (χ2v) is 4.89. The van der Waals surface area contributed by atoms with E-state index in [1.807, 2.05) is 0 Å². The van der Waals surface area contributed by atoms with Gasteiger partial charge in [0.05, 0.1) is 0 Å². The van der Waals surface area contributed by atoms with Crippen LogP contribution in [-0.2, 0) is 6.18 Å². The van der Waals surface area contributed by atoms with Gasteiger partial charge in [-0.15, -0.1) is 0 Å². The average Bonchev–Trinajstić information content (AvgIpc) is 2.97. The van der Waals surface area contributed by atoms with Crippen molar-refractivity contribution in [3.8, 4) is 11.4 Å². The van der Waals surface area contributed by atoms with Gasteiger partial charge in [-0.25, -0.2) is 0 Å².